The fourth-order valence-electron chi connectivity index (χ4n) is 4.08. The third-order valence-electron chi connectivity index (χ3n) is 6.24. The lowest BCUT2D eigenvalue weighted by atomic mass is 10.2. The summed E-state index contributed by atoms with van der Waals surface area (Å²) in [5.74, 6) is 0.840. The Morgan fingerprint density at radius 2 is 1.37 bits per heavy atom. The standard InChI is InChI=1S/C23H29N5O6S/c1-17(18(2)34-35(30,31)32)28-23(29)27(16-24-28)21-6-4-19(5-7-21)25-12-14-26(15-13-25)20-8-10-22(33-3)11-9-20/h4-11,16-18H,12-15H2,1-3H3,(H,30,31,32)/t17-,18-/m0/s1. The van der Waals surface area contributed by atoms with E-state index in [9.17, 15) is 13.2 Å². The quantitative estimate of drug-likeness (QED) is 0.461. The third kappa shape index (κ3) is 5.66. The number of methoxy groups -OCH3 is 1. The Balaban J connectivity index is 1.41. The van der Waals surface area contributed by atoms with E-state index in [4.69, 9.17) is 9.29 Å². The Kier molecular flexibility index (Phi) is 7.15. The van der Waals surface area contributed by atoms with Gasteiger partial charge in [-0.2, -0.15) is 13.5 Å². The van der Waals surface area contributed by atoms with Gasteiger partial charge >= 0.3 is 16.1 Å². The molecule has 188 valence electrons. The number of anilines is 2. The summed E-state index contributed by atoms with van der Waals surface area (Å²) in [6, 6.07) is 15.0. The highest BCUT2D eigenvalue weighted by Crippen LogP contribution is 2.23. The Bertz CT molecular complexity index is 1300. The van der Waals surface area contributed by atoms with Gasteiger partial charge in [-0.3, -0.25) is 4.55 Å². The molecule has 0 saturated carbocycles. The van der Waals surface area contributed by atoms with Crippen LogP contribution < -0.4 is 20.2 Å². The van der Waals surface area contributed by atoms with E-state index in [0.717, 1.165) is 42.3 Å². The van der Waals surface area contributed by atoms with Crippen LogP contribution in [0.1, 0.15) is 19.9 Å². The number of rotatable bonds is 8. The van der Waals surface area contributed by atoms with Crippen molar-refractivity contribution in [3.8, 4) is 11.4 Å². The SMILES string of the molecule is COc1ccc(N2CCN(c3ccc(-n4cnn([C@@H](C)[C@H](C)OS(=O)(=O)O)c4=O)cc3)CC2)cc1. The number of ether oxygens (including phenoxy) is 1. The largest absolute Gasteiger partial charge is 0.497 e. The zero-order valence-electron chi connectivity index (χ0n) is 19.8. The number of benzene rings is 2. The molecule has 11 nitrogen and oxygen atoms in total. The van der Waals surface area contributed by atoms with Gasteiger partial charge in [-0.15, -0.1) is 0 Å². The zero-order valence-corrected chi connectivity index (χ0v) is 20.6. The van der Waals surface area contributed by atoms with Crippen molar-refractivity contribution in [3.05, 3.63) is 65.3 Å². The van der Waals surface area contributed by atoms with Gasteiger partial charge < -0.3 is 14.5 Å². The molecule has 0 bridgehead atoms. The second kappa shape index (κ2) is 10.1. The molecule has 0 amide bonds. The molecule has 2 aromatic carbocycles. The van der Waals surface area contributed by atoms with Crippen molar-refractivity contribution in [1.82, 2.24) is 14.3 Å². The molecule has 1 saturated heterocycles. The van der Waals surface area contributed by atoms with Gasteiger partial charge in [-0.05, 0) is 62.4 Å². The third-order valence-corrected chi connectivity index (χ3v) is 6.79. The molecule has 0 unspecified atom stereocenters. The lowest BCUT2D eigenvalue weighted by Gasteiger charge is -2.37. The molecule has 2 atom stereocenters. The summed E-state index contributed by atoms with van der Waals surface area (Å²) in [4.78, 5) is 17.5. The van der Waals surface area contributed by atoms with E-state index >= 15 is 0 Å². The zero-order chi connectivity index (χ0) is 25.2. The minimum Gasteiger partial charge on any atom is -0.497 e. The van der Waals surface area contributed by atoms with Crippen LogP contribution in [0.25, 0.3) is 5.69 Å². The first kappa shape index (κ1) is 24.8. The van der Waals surface area contributed by atoms with Crippen molar-refractivity contribution in [1.29, 1.82) is 0 Å². The molecule has 3 aromatic rings. The van der Waals surface area contributed by atoms with Crippen LogP contribution in [0.2, 0.25) is 0 Å². The van der Waals surface area contributed by atoms with E-state index in [1.165, 1.54) is 23.5 Å². The minimum absolute atomic E-state index is 0.441. The predicted octanol–water partition coefficient (Wildman–Crippen LogP) is 2.14. The molecule has 35 heavy (non-hydrogen) atoms. The normalized spacial score (nSPS) is 16.2. The molecule has 1 N–H and O–H groups in total. The van der Waals surface area contributed by atoms with Crippen LogP contribution in [0.15, 0.2) is 59.7 Å². The van der Waals surface area contributed by atoms with E-state index in [1.807, 2.05) is 36.4 Å². The number of hydrogen-bond donors (Lipinski definition) is 1. The summed E-state index contributed by atoms with van der Waals surface area (Å²) < 4.78 is 43.1. The molecule has 1 aromatic heterocycles. The summed E-state index contributed by atoms with van der Waals surface area (Å²) in [6.45, 7) is 6.54. The first-order valence-corrected chi connectivity index (χ1v) is 12.6. The van der Waals surface area contributed by atoms with Gasteiger partial charge in [0.15, 0.2) is 0 Å². The molecular formula is C23H29N5O6S. The van der Waals surface area contributed by atoms with Crippen LogP contribution in [0.3, 0.4) is 0 Å². The van der Waals surface area contributed by atoms with Gasteiger partial charge in [0.1, 0.15) is 12.1 Å². The van der Waals surface area contributed by atoms with Crippen LogP contribution in [0.4, 0.5) is 11.4 Å². The highest BCUT2D eigenvalue weighted by Gasteiger charge is 2.24. The number of aromatic nitrogens is 3. The van der Waals surface area contributed by atoms with E-state index in [-0.39, 0.29) is 0 Å². The average Bonchev–Trinajstić information content (AvgIpc) is 3.24. The van der Waals surface area contributed by atoms with Crippen molar-refractivity contribution in [2.75, 3.05) is 43.1 Å². The predicted molar refractivity (Wildman–Crippen MR) is 132 cm³/mol. The van der Waals surface area contributed by atoms with Gasteiger partial charge in [0, 0.05) is 37.6 Å². The molecule has 4 rings (SSSR count). The highest BCUT2D eigenvalue weighted by molar-refractivity contribution is 7.80. The molecule has 0 spiro atoms. The Morgan fingerprint density at radius 1 is 0.886 bits per heavy atom. The van der Waals surface area contributed by atoms with Gasteiger partial charge in [-0.25, -0.2) is 18.2 Å². The molecular weight excluding hydrogens is 474 g/mol. The van der Waals surface area contributed by atoms with Crippen LogP contribution in [0, 0.1) is 0 Å². The summed E-state index contributed by atoms with van der Waals surface area (Å²) in [5, 5.41) is 4.09. The first-order chi connectivity index (χ1) is 16.7. The monoisotopic (exact) mass is 503 g/mol. The van der Waals surface area contributed by atoms with Crippen molar-refractivity contribution in [2.45, 2.75) is 26.0 Å². The topological polar surface area (TPSA) is 119 Å². The fourth-order valence-corrected chi connectivity index (χ4v) is 4.63. The summed E-state index contributed by atoms with van der Waals surface area (Å²) in [5.41, 5.74) is 2.43. The van der Waals surface area contributed by atoms with Crippen molar-refractivity contribution in [3.63, 3.8) is 0 Å². The van der Waals surface area contributed by atoms with Crippen LogP contribution >= 0.6 is 0 Å². The maximum Gasteiger partial charge on any atom is 0.397 e. The maximum atomic E-state index is 12.9. The smallest absolute Gasteiger partial charge is 0.397 e. The Hall–Kier alpha value is -3.35. The fraction of sp³-hybridized carbons (Fsp3) is 0.391. The molecule has 1 aliphatic rings. The number of hydrogen-bond acceptors (Lipinski definition) is 8. The molecule has 12 heteroatoms. The average molecular weight is 504 g/mol. The molecule has 2 heterocycles. The van der Waals surface area contributed by atoms with Gasteiger partial charge in [0.25, 0.3) is 0 Å². The van der Waals surface area contributed by atoms with Crippen molar-refractivity contribution < 1.29 is 21.9 Å². The first-order valence-electron chi connectivity index (χ1n) is 11.2. The van der Waals surface area contributed by atoms with E-state index in [0.29, 0.717) is 5.69 Å². The lowest BCUT2D eigenvalue weighted by Crippen LogP contribution is -2.46. The Morgan fingerprint density at radius 3 is 1.86 bits per heavy atom. The molecule has 0 aliphatic carbocycles. The molecule has 1 fully saturated rings. The van der Waals surface area contributed by atoms with Crippen LogP contribution in [-0.2, 0) is 14.6 Å². The number of nitrogens with zero attached hydrogens (tertiary/aromatic N) is 5. The second-order valence-corrected chi connectivity index (χ2v) is 9.43. The van der Waals surface area contributed by atoms with Crippen LogP contribution in [0.5, 0.6) is 5.75 Å². The van der Waals surface area contributed by atoms with E-state index < -0.39 is 28.2 Å². The summed E-state index contributed by atoms with van der Waals surface area (Å²) in [7, 11) is -2.98. The highest BCUT2D eigenvalue weighted by atomic mass is 32.3. The maximum absolute atomic E-state index is 12.9. The van der Waals surface area contributed by atoms with Gasteiger partial charge in [0.05, 0.1) is 24.9 Å². The van der Waals surface area contributed by atoms with Gasteiger partial charge in [-0.1, -0.05) is 0 Å². The summed E-state index contributed by atoms with van der Waals surface area (Å²) >= 11 is 0. The lowest BCUT2D eigenvalue weighted by molar-refractivity contribution is 0.142. The second-order valence-electron chi connectivity index (χ2n) is 8.39. The number of piperazine rings is 1. The van der Waals surface area contributed by atoms with Crippen molar-refractivity contribution in [2.24, 2.45) is 0 Å². The molecule has 1 aliphatic heterocycles. The minimum atomic E-state index is -4.64. The Labute approximate surface area is 204 Å². The van der Waals surface area contributed by atoms with Crippen LogP contribution in [-0.4, -0.2) is 66.7 Å². The molecule has 0 radical (unpaired) electrons. The van der Waals surface area contributed by atoms with E-state index in [2.05, 4.69) is 31.2 Å². The van der Waals surface area contributed by atoms with E-state index in [1.54, 1.807) is 14.0 Å². The van der Waals surface area contributed by atoms with Gasteiger partial charge in [0.2, 0.25) is 0 Å². The van der Waals surface area contributed by atoms with Crippen molar-refractivity contribution >= 4 is 21.8 Å². The summed E-state index contributed by atoms with van der Waals surface area (Å²) in [6.07, 6.45) is 0.395.